The summed E-state index contributed by atoms with van der Waals surface area (Å²) in [4.78, 5) is 30.3. The van der Waals surface area contributed by atoms with E-state index in [1.165, 1.54) is 63.5 Å². The van der Waals surface area contributed by atoms with Gasteiger partial charge in [0.05, 0.1) is 18.2 Å². The quantitative estimate of drug-likeness (QED) is 0.0864. The van der Waals surface area contributed by atoms with Crippen molar-refractivity contribution in [2.24, 2.45) is 17.8 Å². The molecule has 2 aliphatic carbocycles. The molecule has 1 saturated heterocycles. The zero-order valence-electron chi connectivity index (χ0n) is 29.8. The average Bonchev–Trinajstić information content (AvgIpc) is 3.14. The summed E-state index contributed by atoms with van der Waals surface area (Å²) < 4.78 is 5.96. The van der Waals surface area contributed by atoms with Gasteiger partial charge in [0.25, 0.3) is 0 Å². The lowest BCUT2D eigenvalue weighted by atomic mass is 9.66. The number of hydrogen-bond acceptors (Lipinski definition) is 8. The van der Waals surface area contributed by atoms with E-state index in [0.29, 0.717) is 35.5 Å². The second-order valence-electron chi connectivity index (χ2n) is 15.4. The molecule has 0 bridgehead atoms. The van der Waals surface area contributed by atoms with Crippen LogP contribution in [0.4, 0.5) is 0 Å². The minimum Gasteiger partial charge on any atom is -0.506 e. The summed E-state index contributed by atoms with van der Waals surface area (Å²) in [6.45, 7) is 5.02. The number of phenolic OH excluding ortho intramolecular Hbond substituents is 1. The molecule has 274 valence electrons. The molecule has 1 aliphatic heterocycles. The number of aromatic amines is 1. The number of likely N-dealkylation sites (tertiary alicyclic amines) is 1. The van der Waals surface area contributed by atoms with Gasteiger partial charge in [0.2, 0.25) is 5.56 Å². The number of nitrogens with one attached hydrogen (secondary N) is 2. The highest BCUT2D eigenvalue weighted by molar-refractivity contribution is 5.87. The average molecular weight is 682 g/mol. The van der Waals surface area contributed by atoms with E-state index < -0.39 is 11.7 Å². The van der Waals surface area contributed by atoms with Crippen molar-refractivity contribution in [2.75, 3.05) is 39.3 Å². The molecule has 2 heterocycles. The molecule has 0 amide bonds. The molecule has 3 aliphatic rings. The van der Waals surface area contributed by atoms with Crippen LogP contribution in [0.15, 0.2) is 29.1 Å². The van der Waals surface area contributed by atoms with Crippen molar-refractivity contribution in [2.45, 2.75) is 134 Å². The molecule has 49 heavy (non-hydrogen) atoms. The third-order valence-electron chi connectivity index (χ3n) is 11.9. The smallest absolute Gasteiger partial charge is 0.338 e. The predicted molar refractivity (Wildman–Crippen MR) is 195 cm³/mol. The van der Waals surface area contributed by atoms with Gasteiger partial charge >= 0.3 is 5.97 Å². The number of aromatic hydroxyl groups is 1. The molecule has 9 heteroatoms. The Balaban J connectivity index is 0.880. The molecule has 3 fully saturated rings. The first kappa shape index (κ1) is 37.8. The number of ether oxygens (including phenoxy) is 1. The Morgan fingerprint density at radius 1 is 0.857 bits per heavy atom. The lowest BCUT2D eigenvalue weighted by molar-refractivity contribution is -0.186. The van der Waals surface area contributed by atoms with E-state index >= 15 is 0 Å². The first-order valence-corrected chi connectivity index (χ1v) is 19.7. The number of aliphatic hydroxyl groups excluding tert-OH is 1. The van der Waals surface area contributed by atoms with Crippen LogP contribution >= 0.6 is 0 Å². The number of piperidine rings is 1. The summed E-state index contributed by atoms with van der Waals surface area (Å²) in [5.74, 6) is 0.221. The number of aromatic nitrogens is 1. The Kier molecular flexibility index (Phi) is 14.8. The maximum atomic E-state index is 13.5. The van der Waals surface area contributed by atoms with Crippen LogP contribution in [-0.4, -0.2) is 76.1 Å². The van der Waals surface area contributed by atoms with Crippen molar-refractivity contribution in [3.8, 4) is 5.75 Å². The molecule has 2 saturated carbocycles. The number of carbonyl (C=O) groups is 1. The fraction of sp³-hybridized carbons (Fsp3) is 0.750. The summed E-state index contributed by atoms with van der Waals surface area (Å²) in [6, 6.07) is 6.28. The molecule has 0 spiro atoms. The Hall–Kier alpha value is -2.46. The second-order valence-corrected chi connectivity index (χ2v) is 15.4. The SMILES string of the molecule is O=C(OCC1CCN(CCCCCCCCCNCC(O)c2ccc(O)c3[nH]c(=O)ccc23)CC1)C(O)(C1CCCCC1)C1CCCCC1. The molecule has 2 aromatic rings. The van der Waals surface area contributed by atoms with E-state index in [1.54, 1.807) is 12.1 Å². The van der Waals surface area contributed by atoms with Gasteiger partial charge < -0.3 is 35.3 Å². The highest BCUT2D eigenvalue weighted by Crippen LogP contribution is 2.44. The van der Waals surface area contributed by atoms with Crippen molar-refractivity contribution in [3.63, 3.8) is 0 Å². The van der Waals surface area contributed by atoms with Crippen LogP contribution in [0.3, 0.4) is 0 Å². The maximum absolute atomic E-state index is 13.5. The monoisotopic (exact) mass is 681 g/mol. The van der Waals surface area contributed by atoms with Crippen LogP contribution in [0.5, 0.6) is 5.75 Å². The zero-order chi connectivity index (χ0) is 34.5. The Morgan fingerprint density at radius 2 is 1.47 bits per heavy atom. The van der Waals surface area contributed by atoms with Crippen molar-refractivity contribution < 1.29 is 24.9 Å². The number of nitrogens with zero attached hydrogens (tertiary/aromatic N) is 1. The van der Waals surface area contributed by atoms with Gasteiger partial charge in [-0.05, 0) is 113 Å². The third kappa shape index (κ3) is 10.5. The summed E-state index contributed by atoms with van der Waals surface area (Å²) >= 11 is 0. The van der Waals surface area contributed by atoms with E-state index in [9.17, 15) is 24.9 Å². The Bertz CT molecular complexity index is 1330. The summed E-state index contributed by atoms with van der Waals surface area (Å²) in [6.07, 6.45) is 20.6. The molecular formula is C40H63N3O6. The minimum absolute atomic E-state index is 0.00169. The summed E-state index contributed by atoms with van der Waals surface area (Å²) in [5.41, 5.74) is -0.514. The number of aliphatic hydroxyl groups is 2. The van der Waals surface area contributed by atoms with Gasteiger partial charge in [0.1, 0.15) is 5.75 Å². The van der Waals surface area contributed by atoms with Crippen LogP contribution in [0.1, 0.15) is 134 Å². The number of esters is 1. The Labute approximate surface area is 293 Å². The number of phenols is 1. The molecule has 1 atom stereocenters. The standard InChI is InChI=1S/C40H63N3O6/c44-35-20-18-33(34-19-21-37(46)42-38(34)35)36(45)28-41-24-12-4-2-1-3-5-13-25-43-26-22-30(23-27-43)29-49-39(47)40(48,31-14-8-6-9-15-31)32-16-10-7-11-17-32/h18-21,30-32,36,41,44-45,48H,1-17,22-29H2,(H,42,46). The number of hydrogen-bond donors (Lipinski definition) is 5. The van der Waals surface area contributed by atoms with E-state index in [4.69, 9.17) is 4.74 Å². The maximum Gasteiger partial charge on any atom is 0.338 e. The molecule has 1 aromatic carbocycles. The first-order valence-electron chi connectivity index (χ1n) is 19.7. The molecule has 9 nitrogen and oxygen atoms in total. The predicted octanol–water partition coefficient (Wildman–Crippen LogP) is 6.73. The van der Waals surface area contributed by atoms with E-state index in [1.807, 2.05) is 0 Å². The van der Waals surface area contributed by atoms with Crippen molar-refractivity contribution in [3.05, 3.63) is 40.2 Å². The Morgan fingerprint density at radius 3 is 2.12 bits per heavy atom. The molecule has 0 radical (unpaired) electrons. The number of rotatable bonds is 18. The normalized spacial score (nSPS) is 19.7. The van der Waals surface area contributed by atoms with Crippen molar-refractivity contribution in [1.29, 1.82) is 0 Å². The highest BCUT2D eigenvalue weighted by Gasteiger charge is 2.51. The molecule has 1 unspecified atom stereocenters. The third-order valence-corrected chi connectivity index (χ3v) is 11.9. The van der Waals surface area contributed by atoms with Crippen LogP contribution in [0.2, 0.25) is 0 Å². The summed E-state index contributed by atoms with van der Waals surface area (Å²) in [5, 5.41) is 36.7. The van der Waals surface area contributed by atoms with Crippen molar-refractivity contribution >= 4 is 16.9 Å². The second kappa shape index (κ2) is 19.2. The fourth-order valence-corrected chi connectivity index (χ4v) is 8.81. The van der Waals surface area contributed by atoms with Gasteiger partial charge in [-0.3, -0.25) is 4.79 Å². The summed E-state index contributed by atoms with van der Waals surface area (Å²) in [7, 11) is 0. The van der Waals surface area contributed by atoms with Crippen LogP contribution in [-0.2, 0) is 9.53 Å². The van der Waals surface area contributed by atoms with Crippen LogP contribution < -0.4 is 10.9 Å². The number of H-pyrrole nitrogens is 1. The molecular weight excluding hydrogens is 618 g/mol. The largest absolute Gasteiger partial charge is 0.506 e. The highest BCUT2D eigenvalue weighted by atomic mass is 16.5. The fourth-order valence-electron chi connectivity index (χ4n) is 8.81. The number of pyridine rings is 1. The first-order chi connectivity index (χ1) is 23.9. The van der Waals surface area contributed by atoms with Gasteiger partial charge in [0, 0.05) is 18.0 Å². The van der Waals surface area contributed by atoms with Gasteiger partial charge in [-0.15, -0.1) is 0 Å². The number of fused-ring (bicyclic) bond motifs is 1. The lowest BCUT2D eigenvalue weighted by Gasteiger charge is -2.43. The van der Waals surface area contributed by atoms with Crippen molar-refractivity contribution in [1.82, 2.24) is 15.2 Å². The van der Waals surface area contributed by atoms with Gasteiger partial charge in [-0.25, -0.2) is 4.79 Å². The van der Waals surface area contributed by atoms with Gasteiger partial charge in [-0.2, -0.15) is 0 Å². The van der Waals surface area contributed by atoms with Crippen LogP contribution in [0, 0.1) is 17.8 Å². The van der Waals surface area contributed by atoms with Gasteiger partial charge in [-0.1, -0.05) is 76.7 Å². The molecule has 5 N–H and O–H groups in total. The van der Waals surface area contributed by atoms with E-state index in [-0.39, 0.29) is 29.1 Å². The van der Waals surface area contributed by atoms with Gasteiger partial charge in [0.15, 0.2) is 5.60 Å². The minimum atomic E-state index is -1.28. The topological polar surface area (TPSA) is 135 Å². The zero-order valence-corrected chi connectivity index (χ0v) is 29.8. The number of carbonyl (C=O) groups excluding carboxylic acids is 1. The van der Waals surface area contributed by atoms with E-state index in [2.05, 4.69) is 15.2 Å². The molecule has 1 aromatic heterocycles. The lowest BCUT2D eigenvalue weighted by Crippen LogP contribution is -2.54. The number of unbranched alkanes of at least 4 members (excludes halogenated alkanes) is 6. The number of benzene rings is 1. The molecule has 5 rings (SSSR count). The van der Waals surface area contributed by atoms with Crippen LogP contribution in [0.25, 0.3) is 10.9 Å². The van der Waals surface area contributed by atoms with E-state index in [0.717, 1.165) is 96.8 Å².